The van der Waals surface area contributed by atoms with E-state index in [0.717, 1.165) is 32.1 Å². The Labute approximate surface area is 109 Å². The van der Waals surface area contributed by atoms with Crippen LogP contribution >= 0.6 is 0 Å². The summed E-state index contributed by atoms with van der Waals surface area (Å²) in [5.41, 5.74) is 4.77. The average molecular weight is 274 g/mol. The number of nitrogens with one attached hydrogen (secondary N) is 1. The molecule has 1 aromatic rings. The fraction of sp³-hybridized carbons (Fsp3) is 0.538. The molecule has 0 bridgehead atoms. The molecule has 19 heavy (non-hydrogen) atoms. The van der Waals surface area contributed by atoms with E-state index in [4.69, 9.17) is 10.5 Å². The smallest absolute Gasteiger partial charge is 0.398 e. The van der Waals surface area contributed by atoms with Crippen molar-refractivity contribution >= 4 is 11.4 Å². The first-order valence-corrected chi connectivity index (χ1v) is 6.25. The first-order chi connectivity index (χ1) is 8.97. The molecule has 0 unspecified atom stereocenters. The van der Waals surface area contributed by atoms with Crippen molar-refractivity contribution in [2.24, 2.45) is 5.92 Å². The van der Waals surface area contributed by atoms with Crippen LogP contribution in [-0.2, 0) is 10.9 Å². The van der Waals surface area contributed by atoms with E-state index < -0.39 is 11.7 Å². The molecule has 1 heterocycles. The first kappa shape index (κ1) is 14.0. The zero-order valence-electron chi connectivity index (χ0n) is 10.5. The summed E-state index contributed by atoms with van der Waals surface area (Å²) >= 11 is 0. The third-order valence-corrected chi connectivity index (χ3v) is 3.29. The quantitative estimate of drug-likeness (QED) is 0.832. The minimum Gasteiger partial charge on any atom is -0.398 e. The minimum atomic E-state index is -4.42. The fourth-order valence-corrected chi connectivity index (χ4v) is 2.12. The predicted molar refractivity (Wildman–Crippen MR) is 67.9 cm³/mol. The first-order valence-electron chi connectivity index (χ1n) is 6.25. The highest BCUT2D eigenvalue weighted by molar-refractivity contribution is 5.58. The summed E-state index contributed by atoms with van der Waals surface area (Å²) in [6.07, 6.45) is -2.54. The zero-order valence-corrected chi connectivity index (χ0v) is 10.5. The van der Waals surface area contributed by atoms with E-state index in [1.54, 1.807) is 6.07 Å². The molecular weight excluding hydrogens is 257 g/mol. The molecule has 3 N–H and O–H groups in total. The Kier molecular flexibility index (Phi) is 4.19. The molecular formula is C13H17F3N2O. The molecule has 1 aromatic carbocycles. The lowest BCUT2D eigenvalue weighted by Gasteiger charge is -2.23. The number of hydrogen-bond donors (Lipinski definition) is 2. The maximum absolute atomic E-state index is 12.7. The second-order valence-corrected chi connectivity index (χ2v) is 4.74. The van der Waals surface area contributed by atoms with E-state index in [2.05, 4.69) is 5.32 Å². The molecule has 6 heteroatoms. The highest BCUT2D eigenvalue weighted by Crippen LogP contribution is 2.35. The van der Waals surface area contributed by atoms with Gasteiger partial charge in [-0.3, -0.25) is 0 Å². The normalized spacial score (nSPS) is 17.4. The van der Waals surface area contributed by atoms with Crippen molar-refractivity contribution in [1.29, 1.82) is 0 Å². The average Bonchev–Trinajstić information content (AvgIpc) is 2.37. The largest absolute Gasteiger partial charge is 0.418 e. The molecule has 1 aliphatic rings. The topological polar surface area (TPSA) is 47.3 Å². The monoisotopic (exact) mass is 274 g/mol. The number of nitrogen functional groups attached to an aromatic ring is 1. The molecule has 0 saturated carbocycles. The van der Waals surface area contributed by atoms with Crippen LogP contribution in [0.4, 0.5) is 24.5 Å². The lowest BCUT2D eigenvalue weighted by atomic mass is 10.0. The van der Waals surface area contributed by atoms with E-state index in [1.165, 1.54) is 6.07 Å². The van der Waals surface area contributed by atoms with Crippen molar-refractivity contribution in [3.05, 3.63) is 23.8 Å². The molecule has 1 aliphatic heterocycles. The second kappa shape index (κ2) is 5.69. The summed E-state index contributed by atoms with van der Waals surface area (Å²) in [5, 5.41) is 3.04. The molecule has 0 radical (unpaired) electrons. The number of rotatable bonds is 3. The number of alkyl halides is 3. The van der Waals surface area contributed by atoms with Gasteiger partial charge in [-0.2, -0.15) is 13.2 Å². The lowest BCUT2D eigenvalue weighted by Crippen LogP contribution is -2.22. The van der Waals surface area contributed by atoms with E-state index in [0.29, 0.717) is 18.2 Å². The van der Waals surface area contributed by atoms with Crippen molar-refractivity contribution in [2.45, 2.75) is 19.0 Å². The van der Waals surface area contributed by atoms with Crippen LogP contribution in [0.5, 0.6) is 0 Å². The molecule has 1 fully saturated rings. The van der Waals surface area contributed by atoms with Crippen LogP contribution in [0.1, 0.15) is 18.4 Å². The van der Waals surface area contributed by atoms with Crippen molar-refractivity contribution < 1.29 is 17.9 Å². The summed E-state index contributed by atoms with van der Waals surface area (Å²) in [7, 11) is 0. The van der Waals surface area contributed by atoms with Gasteiger partial charge in [0.2, 0.25) is 0 Å². The van der Waals surface area contributed by atoms with Crippen LogP contribution in [0.2, 0.25) is 0 Å². The number of anilines is 2. The Bertz CT molecular complexity index is 428. The van der Waals surface area contributed by atoms with Crippen molar-refractivity contribution in [3.63, 3.8) is 0 Å². The van der Waals surface area contributed by atoms with Gasteiger partial charge in [-0.15, -0.1) is 0 Å². The maximum Gasteiger partial charge on any atom is 0.418 e. The Morgan fingerprint density at radius 3 is 2.58 bits per heavy atom. The highest BCUT2D eigenvalue weighted by Gasteiger charge is 2.33. The van der Waals surface area contributed by atoms with E-state index >= 15 is 0 Å². The molecule has 0 atom stereocenters. The molecule has 0 amide bonds. The number of halogens is 3. The number of nitrogens with two attached hydrogens (primary N) is 1. The summed E-state index contributed by atoms with van der Waals surface area (Å²) in [6, 6.07) is 3.92. The van der Waals surface area contributed by atoms with E-state index in [9.17, 15) is 13.2 Å². The lowest BCUT2D eigenvalue weighted by molar-refractivity contribution is -0.136. The Balaban J connectivity index is 2.00. The van der Waals surface area contributed by atoms with Crippen LogP contribution in [0.15, 0.2) is 18.2 Å². The molecule has 0 aromatic heterocycles. The molecule has 0 spiro atoms. The van der Waals surface area contributed by atoms with Gasteiger partial charge in [0.15, 0.2) is 0 Å². The molecule has 0 aliphatic carbocycles. The number of hydrogen-bond acceptors (Lipinski definition) is 3. The van der Waals surface area contributed by atoms with Crippen LogP contribution in [0, 0.1) is 5.92 Å². The van der Waals surface area contributed by atoms with Crippen LogP contribution < -0.4 is 11.1 Å². The van der Waals surface area contributed by atoms with Crippen molar-refractivity contribution in [3.8, 4) is 0 Å². The number of ether oxygens (including phenoxy) is 1. The molecule has 1 saturated heterocycles. The van der Waals surface area contributed by atoms with Crippen molar-refractivity contribution in [1.82, 2.24) is 0 Å². The van der Waals surface area contributed by atoms with Gasteiger partial charge in [0.1, 0.15) is 0 Å². The van der Waals surface area contributed by atoms with Gasteiger partial charge in [0.25, 0.3) is 0 Å². The van der Waals surface area contributed by atoms with Crippen LogP contribution in [0.25, 0.3) is 0 Å². The van der Waals surface area contributed by atoms with Gasteiger partial charge in [0, 0.05) is 31.1 Å². The third kappa shape index (κ3) is 3.76. The Morgan fingerprint density at radius 1 is 1.26 bits per heavy atom. The van der Waals surface area contributed by atoms with Gasteiger partial charge in [-0.25, -0.2) is 0 Å². The van der Waals surface area contributed by atoms with Gasteiger partial charge < -0.3 is 15.8 Å². The van der Waals surface area contributed by atoms with Crippen LogP contribution in [0.3, 0.4) is 0 Å². The summed E-state index contributed by atoms with van der Waals surface area (Å²) in [5.74, 6) is 0.445. The predicted octanol–water partition coefficient (Wildman–Crippen LogP) is 3.13. The summed E-state index contributed by atoms with van der Waals surface area (Å²) < 4.78 is 43.3. The van der Waals surface area contributed by atoms with Gasteiger partial charge in [0.05, 0.1) is 5.56 Å². The number of benzene rings is 1. The van der Waals surface area contributed by atoms with Gasteiger partial charge in [-0.1, -0.05) is 0 Å². The Morgan fingerprint density at radius 2 is 1.95 bits per heavy atom. The standard InChI is InChI=1S/C13H17F3N2O/c14-13(15,16)11-7-10(1-2-12(11)17)18-8-9-3-5-19-6-4-9/h1-2,7,9,18H,3-6,8,17H2. The molecule has 2 rings (SSSR count). The summed E-state index contributed by atoms with van der Waals surface area (Å²) in [6.45, 7) is 2.11. The van der Waals surface area contributed by atoms with Crippen LogP contribution in [-0.4, -0.2) is 19.8 Å². The zero-order chi connectivity index (χ0) is 13.9. The maximum atomic E-state index is 12.7. The SMILES string of the molecule is Nc1ccc(NCC2CCOCC2)cc1C(F)(F)F. The molecule has 106 valence electrons. The van der Waals surface area contributed by atoms with Crippen molar-refractivity contribution in [2.75, 3.05) is 30.8 Å². The minimum absolute atomic E-state index is 0.246. The summed E-state index contributed by atoms with van der Waals surface area (Å²) in [4.78, 5) is 0. The second-order valence-electron chi connectivity index (χ2n) is 4.74. The van der Waals surface area contributed by atoms with E-state index in [-0.39, 0.29) is 5.69 Å². The van der Waals surface area contributed by atoms with E-state index in [1.807, 2.05) is 0 Å². The highest BCUT2D eigenvalue weighted by atomic mass is 19.4. The Hall–Kier alpha value is -1.43. The van der Waals surface area contributed by atoms with Gasteiger partial charge >= 0.3 is 6.18 Å². The molecule has 3 nitrogen and oxygen atoms in total. The van der Waals surface area contributed by atoms with Gasteiger partial charge in [-0.05, 0) is 37.0 Å². The third-order valence-electron chi connectivity index (χ3n) is 3.29. The fourth-order valence-electron chi connectivity index (χ4n) is 2.12.